The van der Waals surface area contributed by atoms with Crippen LogP contribution in [0.25, 0.3) is 0 Å². The zero-order valence-electron chi connectivity index (χ0n) is 18.0. The van der Waals surface area contributed by atoms with Crippen molar-refractivity contribution in [3.05, 3.63) is 81.9 Å². The number of carbonyl (C=O) groups is 1. The first-order chi connectivity index (χ1) is 14.9. The number of aliphatic imine (C=N–C) groups is 1. The van der Waals surface area contributed by atoms with Crippen molar-refractivity contribution in [2.24, 2.45) is 4.99 Å². The summed E-state index contributed by atoms with van der Waals surface area (Å²) < 4.78 is 11.1. The molecule has 6 heteroatoms. The molecular formula is C25H25ClN2O3. The molecule has 0 fully saturated rings. The van der Waals surface area contributed by atoms with E-state index in [0.29, 0.717) is 22.2 Å². The minimum absolute atomic E-state index is 0.194. The average Bonchev–Trinajstić information content (AvgIpc) is 2.73. The summed E-state index contributed by atoms with van der Waals surface area (Å²) in [7, 11) is 1.52. The van der Waals surface area contributed by atoms with Crippen LogP contribution < -0.4 is 14.8 Å². The maximum atomic E-state index is 12.3. The smallest absolute Gasteiger partial charge is 0.262 e. The fourth-order valence-electron chi connectivity index (χ4n) is 3.03. The minimum Gasteiger partial charge on any atom is -0.493 e. The van der Waals surface area contributed by atoms with E-state index in [1.165, 1.54) is 12.7 Å². The highest BCUT2D eigenvalue weighted by atomic mass is 35.5. The highest BCUT2D eigenvalue weighted by molar-refractivity contribution is 6.32. The predicted molar refractivity (Wildman–Crippen MR) is 126 cm³/mol. The van der Waals surface area contributed by atoms with Gasteiger partial charge in [0.25, 0.3) is 5.91 Å². The Morgan fingerprint density at radius 3 is 2.61 bits per heavy atom. The van der Waals surface area contributed by atoms with Crippen LogP contribution in [0.2, 0.25) is 5.02 Å². The Hall–Kier alpha value is -3.31. The molecule has 0 aromatic heterocycles. The Morgan fingerprint density at radius 1 is 1.10 bits per heavy atom. The predicted octanol–water partition coefficient (Wildman–Crippen LogP) is 6.04. The molecule has 0 spiro atoms. The van der Waals surface area contributed by atoms with Gasteiger partial charge in [-0.3, -0.25) is 9.79 Å². The SMILES string of the molecule is COc1cc(C=Nc2cccc(C)c2C)cc(Cl)c1OCC(=O)Nc1cccc(C)c1. The van der Waals surface area contributed by atoms with Gasteiger partial charge < -0.3 is 14.8 Å². The largest absolute Gasteiger partial charge is 0.493 e. The second-order valence-corrected chi connectivity index (χ2v) is 7.62. The number of rotatable bonds is 7. The van der Waals surface area contributed by atoms with E-state index in [1.807, 2.05) is 50.2 Å². The second kappa shape index (κ2) is 10.1. The third-order valence-corrected chi connectivity index (χ3v) is 5.11. The maximum absolute atomic E-state index is 12.3. The van der Waals surface area contributed by atoms with Crippen molar-refractivity contribution >= 4 is 35.1 Å². The molecule has 1 amide bonds. The first-order valence-corrected chi connectivity index (χ1v) is 10.2. The normalized spacial score (nSPS) is 10.9. The standard InChI is InChI=1S/C25H25ClN2O3/c1-16-7-5-9-20(11-16)28-24(29)15-31-25-21(26)12-19(13-23(25)30-4)14-27-22-10-6-8-17(2)18(22)3/h5-14H,15H2,1-4H3,(H,28,29). The summed E-state index contributed by atoms with van der Waals surface area (Å²) in [6.45, 7) is 5.85. The van der Waals surface area contributed by atoms with Gasteiger partial charge >= 0.3 is 0 Å². The molecule has 1 N–H and O–H groups in total. The first kappa shape index (κ1) is 22.4. The van der Waals surface area contributed by atoms with Gasteiger partial charge in [-0.25, -0.2) is 0 Å². The Labute approximate surface area is 187 Å². The number of carbonyl (C=O) groups excluding carboxylic acids is 1. The third-order valence-electron chi connectivity index (χ3n) is 4.83. The number of nitrogens with one attached hydrogen (secondary N) is 1. The molecule has 0 saturated heterocycles. The quantitative estimate of drug-likeness (QED) is 0.459. The number of halogens is 1. The summed E-state index contributed by atoms with van der Waals surface area (Å²) in [5.74, 6) is 0.454. The summed E-state index contributed by atoms with van der Waals surface area (Å²) in [4.78, 5) is 16.8. The Bertz CT molecular complexity index is 1130. The molecule has 5 nitrogen and oxygen atoms in total. The highest BCUT2D eigenvalue weighted by Gasteiger charge is 2.14. The lowest BCUT2D eigenvalue weighted by Gasteiger charge is -2.13. The number of amides is 1. The lowest BCUT2D eigenvalue weighted by Crippen LogP contribution is -2.20. The molecule has 0 radical (unpaired) electrons. The van der Waals surface area contributed by atoms with Crippen molar-refractivity contribution in [3.63, 3.8) is 0 Å². The van der Waals surface area contributed by atoms with Gasteiger partial charge in [-0.2, -0.15) is 0 Å². The van der Waals surface area contributed by atoms with Crippen LogP contribution in [0.1, 0.15) is 22.3 Å². The summed E-state index contributed by atoms with van der Waals surface area (Å²) in [6, 6.07) is 17.0. The number of anilines is 1. The molecule has 160 valence electrons. The van der Waals surface area contributed by atoms with Gasteiger partial charge in [0.1, 0.15) is 0 Å². The highest BCUT2D eigenvalue weighted by Crippen LogP contribution is 2.36. The number of nitrogens with zero attached hydrogens (tertiary/aromatic N) is 1. The summed E-state index contributed by atoms with van der Waals surface area (Å²) in [6.07, 6.45) is 1.73. The van der Waals surface area contributed by atoms with Gasteiger partial charge in [0.2, 0.25) is 0 Å². The second-order valence-electron chi connectivity index (χ2n) is 7.22. The van der Waals surface area contributed by atoms with E-state index in [4.69, 9.17) is 21.1 Å². The molecular weight excluding hydrogens is 412 g/mol. The fraction of sp³-hybridized carbons (Fsp3) is 0.200. The van der Waals surface area contributed by atoms with E-state index in [9.17, 15) is 4.79 Å². The molecule has 3 rings (SSSR count). The van der Waals surface area contributed by atoms with Crippen LogP contribution in [0.4, 0.5) is 11.4 Å². The number of methoxy groups -OCH3 is 1. The van der Waals surface area contributed by atoms with Crippen molar-refractivity contribution in [1.29, 1.82) is 0 Å². The van der Waals surface area contributed by atoms with Crippen molar-refractivity contribution in [3.8, 4) is 11.5 Å². The van der Waals surface area contributed by atoms with Crippen molar-refractivity contribution < 1.29 is 14.3 Å². The molecule has 0 bridgehead atoms. The molecule has 0 unspecified atom stereocenters. The van der Waals surface area contributed by atoms with E-state index in [0.717, 1.165) is 22.4 Å². The van der Waals surface area contributed by atoms with Gasteiger partial charge in [0, 0.05) is 11.9 Å². The van der Waals surface area contributed by atoms with Crippen LogP contribution in [-0.4, -0.2) is 25.8 Å². The molecule has 0 aliphatic heterocycles. The zero-order valence-corrected chi connectivity index (χ0v) is 18.8. The van der Waals surface area contributed by atoms with Gasteiger partial charge in [-0.15, -0.1) is 0 Å². The summed E-state index contributed by atoms with van der Waals surface area (Å²) in [5, 5.41) is 3.14. The van der Waals surface area contributed by atoms with Crippen molar-refractivity contribution in [1.82, 2.24) is 0 Å². The Kier molecular flexibility index (Phi) is 7.32. The number of hydrogen-bond acceptors (Lipinski definition) is 4. The average molecular weight is 437 g/mol. The van der Waals surface area contributed by atoms with Gasteiger partial charge in [0.05, 0.1) is 17.8 Å². The Morgan fingerprint density at radius 2 is 1.87 bits per heavy atom. The summed E-state index contributed by atoms with van der Waals surface area (Å²) in [5.41, 5.74) is 5.73. The number of aryl methyl sites for hydroxylation is 2. The van der Waals surface area contributed by atoms with E-state index >= 15 is 0 Å². The molecule has 0 aliphatic rings. The van der Waals surface area contributed by atoms with Crippen LogP contribution in [0.3, 0.4) is 0 Å². The lowest BCUT2D eigenvalue weighted by atomic mass is 10.1. The van der Waals surface area contributed by atoms with E-state index < -0.39 is 0 Å². The van der Waals surface area contributed by atoms with Crippen molar-refractivity contribution in [2.75, 3.05) is 19.0 Å². The van der Waals surface area contributed by atoms with E-state index in [-0.39, 0.29) is 12.5 Å². The Balaban J connectivity index is 1.72. The van der Waals surface area contributed by atoms with Gasteiger partial charge in [-0.1, -0.05) is 35.9 Å². The number of benzene rings is 3. The molecule has 0 saturated carbocycles. The van der Waals surface area contributed by atoms with Crippen LogP contribution in [-0.2, 0) is 4.79 Å². The first-order valence-electron chi connectivity index (χ1n) is 9.84. The minimum atomic E-state index is -0.288. The van der Waals surface area contributed by atoms with Gasteiger partial charge in [0.15, 0.2) is 18.1 Å². The number of hydrogen-bond donors (Lipinski definition) is 1. The van der Waals surface area contributed by atoms with E-state index in [1.54, 1.807) is 18.3 Å². The fourth-order valence-corrected chi connectivity index (χ4v) is 3.31. The molecule has 3 aromatic rings. The molecule has 0 heterocycles. The van der Waals surface area contributed by atoms with Crippen LogP contribution in [0, 0.1) is 20.8 Å². The van der Waals surface area contributed by atoms with E-state index in [2.05, 4.69) is 23.3 Å². The van der Waals surface area contributed by atoms with Crippen LogP contribution in [0.5, 0.6) is 11.5 Å². The topological polar surface area (TPSA) is 59.9 Å². The van der Waals surface area contributed by atoms with Crippen LogP contribution >= 0.6 is 11.6 Å². The summed E-state index contributed by atoms with van der Waals surface area (Å²) >= 11 is 6.42. The zero-order chi connectivity index (χ0) is 22.4. The van der Waals surface area contributed by atoms with Crippen molar-refractivity contribution in [2.45, 2.75) is 20.8 Å². The molecule has 0 aliphatic carbocycles. The molecule has 3 aromatic carbocycles. The molecule has 31 heavy (non-hydrogen) atoms. The third kappa shape index (κ3) is 5.86. The van der Waals surface area contributed by atoms with Crippen LogP contribution in [0.15, 0.2) is 59.6 Å². The maximum Gasteiger partial charge on any atom is 0.262 e. The number of ether oxygens (including phenoxy) is 2. The lowest BCUT2D eigenvalue weighted by molar-refractivity contribution is -0.118. The van der Waals surface area contributed by atoms with Gasteiger partial charge in [-0.05, 0) is 73.4 Å². The monoisotopic (exact) mass is 436 g/mol. The molecule has 0 atom stereocenters.